The average Bonchev–Trinajstić information content (AvgIpc) is 3.15. The number of hydrogen-bond acceptors (Lipinski definition) is 5. The standard InChI is InChI=1S/C17H19NO5/c1-22-12-6-11(7-13(8-12)23-2)18-16(19)14-9-3-4-10(5-9)15(14)17(20)21/h3-4,6-10,14-15H,5H2,1-2H3,(H,18,19)(H,20,21)/p-1/t9-,10+,14-,15+/m1/s1. The quantitative estimate of drug-likeness (QED) is 0.813. The maximum absolute atomic E-state index is 12.6. The Morgan fingerprint density at radius 3 is 2.13 bits per heavy atom. The Morgan fingerprint density at radius 2 is 1.61 bits per heavy atom. The Kier molecular flexibility index (Phi) is 3.98. The number of amides is 1. The Hall–Kier alpha value is -2.50. The van der Waals surface area contributed by atoms with Crippen molar-refractivity contribution in [2.24, 2.45) is 23.7 Å². The predicted molar refractivity (Wildman–Crippen MR) is 80.9 cm³/mol. The van der Waals surface area contributed by atoms with E-state index < -0.39 is 17.8 Å². The molecule has 0 heterocycles. The third kappa shape index (κ3) is 2.76. The highest BCUT2D eigenvalue weighted by atomic mass is 16.5. The van der Waals surface area contributed by atoms with E-state index in [0.717, 1.165) is 0 Å². The number of carboxylic acids is 1. The van der Waals surface area contributed by atoms with E-state index in [1.807, 2.05) is 12.2 Å². The molecule has 2 aliphatic carbocycles. The number of anilines is 1. The molecule has 0 unspecified atom stereocenters. The van der Waals surface area contributed by atoms with Gasteiger partial charge in [-0.05, 0) is 18.3 Å². The van der Waals surface area contributed by atoms with Crippen LogP contribution in [0.4, 0.5) is 5.69 Å². The third-order valence-corrected chi connectivity index (χ3v) is 4.65. The number of allylic oxidation sites excluding steroid dienone is 2. The minimum absolute atomic E-state index is 0.0459. The van der Waals surface area contributed by atoms with E-state index in [0.29, 0.717) is 23.6 Å². The Bertz CT molecular complexity index is 647. The van der Waals surface area contributed by atoms with Gasteiger partial charge < -0.3 is 24.7 Å². The highest BCUT2D eigenvalue weighted by molar-refractivity contribution is 5.96. The van der Waals surface area contributed by atoms with Gasteiger partial charge in [-0.25, -0.2) is 0 Å². The zero-order valence-corrected chi connectivity index (χ0v) is 12.9. The molecular weight excluding hydrogens is 298 g/mol. The molecule has 1 N–H and O–H groups in total. The van der Waals surface area contributed by atoms with Gasteiger partial charge in [0, 0.05) is 35.8 Å². The van der Waals surface area contributed by atoms with Gasteiger partial charge in [0.1, 0.15) is 11.5 Å². The van der Waals surface area contributed by atoms with Crippen molar-refractivity contribution in [3.63, 3.8) is 0 Å². The Balaban J connectivity index is 1.82. The number of hydrogen-bond donors (Lipinski definition) is 1. The summed E-state index contributed by atoms with van der Waals surface area (Å²) in [4.78, 5) is 24.0. The minimum Gasteiger partial charge on any atom is -0.550 e. The van der Waals surface area contributed by atoms with E-state index in [9.17, 15) is 14.7 Å². The lowest BCUT2D eigenvalue weighted by Gasteiger charge is -2.27. The van der Waals surface area contributed by atoms with E-state index in [-0.39, 0.29) is 17.7 Å². The molecule has 0 aliphatic heterocycles. The van der Waals surface area contributed by atoms with Crippen molar-refractivity contribution in [2.45, 2.75) is 6.42 Å². The van der Waals surface area contributed by atoms with E-state index >= 15 is 0 Å². The number of carbonyl (C=O) groups excluding carboxylic acids is 2. The van der Waals surface area contributed by atoms with Crippen LogP contribution < -0.4 is 19.9 Å². The van der Waals surface area contributed by atoms with Crippen LogP contribution in [0.25, 0.3) is 0 Å². The number of benzene rings is 1. The van der Waals surface area contributed by atoms with Crippen molar-refractivity contribution in [2.75, 3.05) is 19.5 Å². The highest BCUT2D eigenvalue weighted by Gasteiger charge is 2.48. The number of rotatable bonds is 5. The number of carbonyl (C=O) groups is 2. The van der Waals surface area contributed by atoms with Crippen molar-refractivity contribution >= 4 is 17.6 Å². The number of fused-ring (bicyclic) bond motifs is 2. The maximum atomic E-state index is 12.6. The van der Waals surface area contributed by atoms with Crippen molar-refractivity contribution in [1.82, 2.24) is 0 Å². The van der Waals surface area contributed by atoms with Crippen LogP contribution in [0, 0.1) is 23.7 Å². The molecule has 1 saturated carbocycles. The largest absolute Gasteiger partial charge is 0.550 e. The van der Waals surface area contributed by atoms with Crippen molar-refractivity contribution in [3.8, 4) is 11.5 Å². The number of methoxy groups -OCH3 is 2. The second kappa shape index (κ2) is 5.95. The summed E-state index contributed by atoms with van der Waals surface area (Å²) < 4.78 is 10.3. The molecule has 6 heteroatoms. The molecule has 0 saturated heterocycles. The van der Waals surface area contributed by atoms with Gasteiger partial charge in [0.25, 0.3) is 0 Å². The SMILES string of the molecule is COc1cc(NC(=O)[C@H]2[C@@H](C(=O)[O-])[C@H]3C=C[C@@H]2C3)cc(OC)c1. The van der Waals surface area contributed by atoms with Crippen molar-refractivity contribution in [3.05, 3.63) is 30.4 Å². The number of aliphatic carboxylic acids is 1. The maximum Gasteiger partial charge on any atom is 0.228 e. The fourth-order valence-corrected chi connectivity index (χ4v) is 3.61. The summed E-state index contributed by atoms with van der Waals surface area (Å²) in [6, 6.07) is 5.02. The number of carboxylic acid groups (broad SMARTS) is 1. The van der Waals surface area contributed by atoms with Crippen LogP contribution in [0.1, 0.15) is 6.42 Å². The van der Waals surface area contributed by atoms with Crippen LogP contribution in [0.3, 0.4) is 0 Å². The summed E-state index contributed by atoms with van der Waals surface area (Å²) in [6.45, 7) is 0. The number of ether oxygens (including phenoxy) is 2. The summed E-state index contributed by atoms with van der Waals surface area (Å²) >= 11 is 0. The first-order chi connectivity index (χ1) is 11.0. The van der Waals surface area contributed by atoms with Gasteiger partial charge in [-0.1, -0.05) is 12.2 Å². The fraction of sp³-hybridized carbons (Fsp3) is 0.412. The van der Waals surface area contributed by atoms with Crippen LogP contribution in [0.5, 0.6) is 11.5 Å². The van der Waals surface area contributed by atoms with Gasteiger partial charge in [-0.15, -0.1) is 0 Å². The predicted octanol–water partition coefficient (Wildman–Crippen LogP) is 0.830. The molecule has 4 atom stereocenters. The summed E-state index contributed by atoms with van der Waals surface area (Å²) in [5, 5.41) is 14.2. The zero-order valence-electron chi connectivity index (χ0n) is 12.9. The molecule has 0 spiro atoms. The van der Waals surface area contributed by atoms with E-state index in [1.54, 1.807) is 18.2 Å². The Labute approximate surface area is 134 Å². The minimum atomic E-state index is -1.16. The van der Waals surface area contributed by atoms with Gasteiger partial charge in [-0.3, -0.25) is 4.79 Å². The molecule has 2 aliphatic rings. The van der Waals surface area contributed by atoms with Crippen LogP contribution in [-0.2, 0) is 9.59 Å². The van der Waals surface area contributed by atoms with Crippen LogP contribution in [0.2, 0.25) is 0 Å². The first-order valence-corrected chi connectivity index (χ1v) is 7.46. The molecule has 3 rings (SSSR count). The molecule has 1 aromatic rings. The molecule has 1 fully saturated rings. The topological polar surface area (TPSA) is 87.7 Å². The Morgan fingerprint density at radius 1 is 1.04 bits per heavy atom. The van der Waals surface area contributed by atoms with Crippen LogP contribution in [0.15, 0.2) is 30.4 Å². The van der Waals surface area contributed by atoms with E-state index in [2.05, 4.69) is 5.32 Å². The average molecular weight is 316 g/mol. The second-order valence-corrected chi connectivity index (χ2v) is 5.91. The lowest BCUT2D eigenvalue weighted by Crippen LogP contribution is -2.42. The normalized spacial score (nSPS) is 27.7. The van der Waals surface area contributed by atoms with Gasteiger partial charge in [0.2, 0.25) is 5.91 Å². The first-order valence-electron chi connectivity index (χ1n) is 7.46. The van der Waals surface area contributed by atoms with E-state index in [1.165, 1.54) is 14.2 Å². The second-order valence-electron chi connectivity index (χ2n) is 5.91. The molecule has 0 aromatic heterocycles. The van der Waals surface area contributed by atoms with Crippen LogP contribution >= 0.6 is 0 Å². The molecule has 1 amide bonds. The number of nitrogens with one attached hydrogen (secondary N) is 1. The van der Waals surface area contributed by atoms with Gasteiger partial charge in [-0.2, -0.15) is 0 Å². The molecule has 6 nitrogen and oxygen atoms in total. The van der Waals surface area contributed by atoms with Gasteiger partial charge >= 0.3 is 0 Å². The zero-order chi connectivity index (χ0) is 16.6. The van der Waals surface area contributed by atoms with Crippen molar-refractivity contribution < 1.29 is 24.2 Å². The summed E-state index contributed by atoms with van der Waals surface area (Å²) in [6.07, 6.45) is 4.50. The molecule has 2 bridgehead atoms. The molecule has 122 valence electrons. The monoisotopic (exact) mass is 316 g/mol. The van der Waals surface area contributed by atoms with Crippen molar-refractivity contribution in [1.29, 1.82) is 0 Å². The highest BCUT2D eigenvalue weighted by Crippen LogP contribution is 2.48. The lowest BCUT2D eigenvalue weighted by molar-refractivity contribution is -0.313. The lowest BCUT2D eigenvalue weighted by atomic mass is 9.82. The summed E-state index contributed by atoms with van der Waals surface area (Å²) in [5.74, 6) is -1.91. The molecule has 0 radical (unpaired) electrons. The van der Waals surface area contributed by atoms with Gasteiger partial charge in [0.15, 0.2) is 0 Å². The van der Waals surface area contributed by atoms with Crippen LogP contribution in [-0.4, -0.2) is 26.1 Å². The summed E-state index contributed by atoms with van der Waals surface area (Å²) in [7, 11) is 3.04. The fourth-order valence-electron chi connectivity index (χ4n) is 3.61. The molecule has 1 aromatic carbocycles. The summed E-state index contributed by atoms with van der Waals surface area (Å²) in [5.41, 5.74) is 0.509. The molecular formula is C17H18NO5-. The smallest absolute Gasteiger partial charge is 0.228 e. The third-order valence-electron chi connectivity index (χ3n) is 4.65. The van der Waals surface area contributed by atoms with E-state index in [4.69, 9.17) is 9.47 Å². The molecule has 23 heavy (non-hydrogen) atoms. The first kappa shape index (κ1) is 15.4. The van der Waals surface area contributed by atoms with Gasteiger partial charge in [0.05, 0.1) is 20.1 Å².